The van der Waals surface area contributed by atoms with Crippen LogP contribution in [0.2, 0.25) is 0 Å². The number of H-pyrrole nitrogens is 1. The molecule has 0 amide bonds. The van der Waals surface area contributed by atoms with E-state index in [9.17, 15) is 14.4 Å². The zero-order chi connectivity index (χ0) is 13.3. The van der Waals surface area contributed by atoms with Crippen molar-refractivity contribution in [3.63, 3.8) is 0 Å². The van der Waals surface area contributed by atoms with Crippen LogP contribution in [0, 0.1) is 6.92 Å². The van der Waals surface area contributed by atoms with Crippen LogP contribution < -0.4 is 5.56 Å². The molecule has 0 aromatic carbocycles. The molecule has 1 aliphatic rings. The van der Waals surface area contributed by atoms with Gasteiger partial charge in [-0.1, -0.05) is 0 Å². The van der Waals surface area contributed by atoms with Crippen molar-refractivity contribution in [3.8, 4) is 0 Å². The Hall–Kier alpha value is -2.11. The summed E-state index contributed by atoms with van der Waals surface area (Å²) in [6, 6.07) is 2.97. The van der Waals surface area contributed by atoms with Crippen molar-refractivity contribution in [1.82, 2.24) is 4.98 Å². The van der Waals surface area contributed by atoms with Crippen LogP contribution in [-0.2, 0) is 14.3 Å². The van der Waals surface area contributed by atoms with Crippen molar-refractivity contribution >= 4 is 11.9 Å². The van der Waals surface area contributed by atoms with Gasteiger partial charge in [0.2, 0.25) is 6.10 Å². The summed E-state index contributed by atoms with van der Waals surface area (Å²) in [6.45, 7) is 3.41. The quantitative estimate of drug-likeness (QED) is 0.775. The second kappa shape index (κ2) is 4.64. The molecule has 0 unspecified atom stereocenters. The number of carbonyl (C=O) groups is 2. The number of aromatic amines is 1. The van der Waals surface area contributed by atoms with Crippen LogP contribution in [0.25, 0.3) is 0 Å². The molecule has 2 heterocycles. The van der Waals surface area contributed by atoms with E-state index in [2.05, 4.69) is 4.98 Å². The lowest BCUT2D eigenvalue weighted by molar-refractivity contribution is -0.147. The molecule has 18 heavy (non-hydrogen) atoms. The van der Waals surface area contributed by atoms with Crippen LogP contribution in [0.3, 0.4) is 0 Å². The molecule has 96 valence electrons. The number of pyridine rings is 1. The predicted octanol–water partition coefficient (Wildman–Crippen LogP) is 0.544. The van der Waals surface area contributed by atoms with Gasteiger partial charge in [0.25, 0.3) is 5.56 Å². The van der Waals surface area contributed by atoms with Gasteiger partial charge in [0, 0.05) is 12.1 Å². The lowest BCUT2D eigenvalue weighted by Gasteiger charge is -2.07. The third-order valence-electron chi connectivity index (χ3n) is 2.65. The smallest absolute Gasteiger partial charge is 0.347 e. The van der Waals surface area contributed by atoms with E-state index in [0.717, 1.165) is 0 Å². The summed E-state index contributed by atoms with van der Waals surface area (Å²) in [6.07, 6.45) is -0.881. The van der Waals surface area contributed by atoms with E-state index in [4.69, 9.17) is 9.47 Å². The fourth-order valence-electron chi connectivity index (χ4n) is 1.74. The Labute approximate surface area is 103 Å². The van der Waals surface area contributed by atoms with Gasteiger partial charge in [-0.3, -0.25) is 4.79 Å². The molecule has 6 nitrogen and oxygen atoms in total. The van der Waals surface area contributed by atoms with Gasteiger partial charge in [-0.2, -0.15) is 0 Å². The van der Waals surface area contributed by atoms with Crippen LogP contribution in [0.5, 0.6) is 0 Å². The van der Waals surface area contributed by atoms with Gasteiger partial charge in [-0.15, -0.1) is 0 Å². The average molecular weight is 251 g/mol. The second-order valence-corrected chi connectivity index (χ2v) is 4.26. The summed E-state index contributed by atoms with van der Waals surface area (Å²) in [7, 11) is 0. The minimum Gasteiger partial charge on any atom is -0.460 e. The topological polar surface area (TPSA) is 85.5 Å². The molecule has 1 N–H and O–H groups in total. The number of ether oxygens (including phenoxy) is 2. The first-order chi connectivity index (χ1) is 8.47. The number of nitrogens with one attached hydrogen (secondary N) is 1. The van der Waals surface area contributed by atoms with Crippen LogP contribution in [0.4, 0.5) is 0 Å². The Morgan fingerprint density at radius 3 is 2.72 bits per heavy atom. The van der Waals surface area contributed by atoms with Gasteiger partial charge in [-0.25, -0.2) is 9.59 Å². The van der Waals surface area contributed by atoms with Crippen molar-refractivity contribution in [2.24, 2.45) is 0 Å². The van der Waals surface area contributed by atoms with E-state index in [-0.39, 0.29) is 11.7 Å². The van der Waals surface area contributed by atoms with Crippen LogP contribution in [-0.4, -0.2) is 29.1 Å². The third-order valence-corrected chi connectivity index (χ3v) is 2.65. The van der Waals surface area contributed by atoms with Crippen LogP contribution in [0.1, 0.15) is 29.4 Å². The number of cyclic esters (lactones) is 1. The Kier molecular flexibility index (Phi) is 3.18. The zero-order valence-corrected chi connectivity index (χ0v) is 10.1. The number of hydrogen-bond donors (Lipinski definition) is 1. The summed E-state index contributed by atoms with van der Waals surface area (Å²) >= 11 is 0. The molecule has 1 saturated heterocycles. The standard InChI is InChI=1S/C12H13NO5/c1-6-3-4-8(10(14)13-6)11(15)18-9-5-7(2)17-12(9)16/h3-4,7,9H,5H2,1-2H3,(H,13,14)/t7-,9+/m1/s1. The molecule has 0 saturated carbocycles. The summed E-state index contributed by atoms with van der Waals surface area (Å²) < 4.78 is 9.83. The second-order valence-electron chi connectivity index (χ2n) is 4.26. The van der Waals surface area contributed by atoms with Gasteiger partial charge >= 0.3 is 11.9 Å². The molecule has 1 aromatic rings. The minimum absolute atomic E-state index is 0.118. The summed E-state index contributed by atoms with van der Waals surface area (Å²) in [5, 5.41) is 0. The molecule has 1 fully saturated rings. The molecule has 1 aromatic heterocycles. The first-order valence-electron chi connectivity index (χ1n) is 5.59. The zero-order valence-electron chi connectivity index (χ0n) is 10.1. The van der Waals surface area contributed by atoms with E-state index >= 15 is 0 Å². The Morgan fingerprint density at radius 1 is 1.44 bits per heavy atom. The number of esters is 2. The first-order valence-corrected chi connectivity index (χ1v) is 5.59. The number of rotatable bonds is 2. The van der Waals surface area contributed by atoms with Crippen molar-refractivity contribution < 1.29 is 19.1 Å². The van der Waals surface area contributed by atoms with Crippen LogP contribution in [0.15, 0.2) is 16.9 Å². The first kappa shape index (κ1) is 12.3. The van der Waals surface area contributed by atoms with Crippen molar-refractivity contribution in [2.75, 3.05) is 0 Å². The van der Waals surface area contributed by atoms with E-state index in [1.54, 1.807) is 19.9 Å². The van der Waals surface area contributed by atoms with Crippen molar-refractivity contribution in [2.45, 2.75) is 32.5 Å². The SMILES string of the molecule is Cc1ccc(C(=O)O[C@H]2C[C@@H](C)OC2=O)c(=O)[nH]1. The van der Waals surface area contributed by atoms with E-state index in [1.807, 2.05) is 0 Å². The summed E-state index contributed by atoms with van der Waals surface area (Å²) in [4.78, 5) is 37.1. The van der Waals surface area contributed by atoms with Gasteiger partial charge < -0.3 is 14.5 Å². The molecule has 0 spiro atoms. The molecule has 0 radical (unpaired) electrons. The monoisotopic (exact) mass is 251 g/mol. The van der Waals surface area contributed by atoms with Gasteiger partial charge in [0.05, 0.1) is 0 Å². The van der Waals surface area contributed by atoms with Crippen LogP contribution >= 0.6 is 0 Å². The fourth-order valence-corrected chi connectivity index (χ4v) is 1.74. The minimum atomic E-state index is -0.923. The highest BCUT2D eigenvalue weighted by atomic mass is 16.6. The highest BCUT2D eigenvalue weighted by Crippen LogP contribution is 2.18. The molecular weight excluding hydrogens is 238 g/mol. The third kappa shape index (κ3) is 2.42. The Morgan fingerprint density at radius 2 is 2.17 bits per heavy atom. The molecule has 2 rings (SSSR count). The lowest BCUT2D eigenvalue weighted by atomic mass is 10.2. The van der Waals surface area contributed by atoms with Gasteiger partial charge in [0.1, 0.15) is 11.7 Å². The van der Waals surface area contributed by atoms with Crippen molar-refractivity contribution in [1.29, 1.82) is 0 Å². The molecule has 1 aliphatic heterocycles. The number of aryl methyl sites for hydroxylation is 1. The Balaban J connectivity index is 2.13. The molecule has 6 heteroatoms. The predicted molar refractivity (Wildman–Crippen MR) is 61.2 cm³/mol. The average Bonchev–Trinajstić information content (AvgIpc) is 2.57. The fraction of sp³-hybridized carbons (Fsp3) is 0.417. The number of carbonyl (C=O) groups excluding carboxylic acids is 2. The summed E-state index contributed by atoms with van der Waals surface area (Å²) in [5.41, 5.74) is -0.00202. The number of hydrogen-bond acceptors (Lipinski definition) is 5. The van der Waals surface area contributed by atoms with Gasteiger partial charge in [-0.05, 0) is 26.0 Å². The van der Waals surface area contributed by atoms with E-state index < -0.39 is 23.6 Å². The molecule has 2 atom stereocenters. The number of aromatic nitrogens is 1. The summed E-state index contributed by atoms with van der Waals surface area (Å²) in [5.74, 6) is -1.38. The normalized spacial score (nSPS) is 22.7. The molecule has 0 aliphatic carbocycles. The van der Waals surface area contributed by atoms with E-state index in [0.29, 0.717) is 12.1 Å². The molecular formula is C12H13NO5. The van der Waals surface area contributed by atoms with Gasteiger partial charge in [0.15, 0.2) is 0 Å². The van der Waals surface area contributed by atoms with E-state index in [1.165, 1.54) is 6.07 Å². The highest BCUT2D eigenvalue weighted by Gasteiger charge is 2.35. The maximum Gasteiger partial charge on any atom is 0.347 e. The largest absolute Gasteiger partial charge is 0.460 e. The van der Waals surface area contributed by atoms with Crippen molar-refractivity contribution in [3.05, 3.63) is 33.7 Å². The maximum absolute atomic E-state index is 11.7. The lowest BCUT2D eigenvalue weighted by Crippen LogP contribution is -2.27. The molecule has 0 bridgehead atoms. The Bertz CT molecular complexity index is 548. The maximum atomic E-state index is 11.7. The highest BCUT2D eigenvalue weighted by molar-refractivity contribution is 5.91.